The normalized spacial score (nSPS) is 9.92. The Kier molecular flexibility index (Phi) is 3.32. The van der Waals surface area contributed by atoms with Gasteiger partial charge in [0, 0.05) is 6.54 Å². The third-order valence-electron chi connectivity index (χ3n) is 1.87. The van der Waals surface area contributed by atoms with E-state index in [2.05, 4.69) is 5.32 Å². The predicted octanol–water partition coefficient (Wildman–Crippen LogP) is 0.227. The van der Waals surface area contributed by atoms with Gasteiger partial charge in [-0.25, -0.2) is 0 Å². The maximum atomic E-state index is 9.40. The Hall–Kier alpha value is -0.795. The second kappa shape index (κ2) is 4.29. The van der Waals surface area contributed by atoms with Gasteiger partial charge in [0.2, 0.25) is 0 Å². The Labute approximate surface area is 73.7 Å². The van der Waals surface area contributed by atoms with Crippen LogP contribution in [0.2, 0.25) is 6.82 Å². The van der Waals surface area contributed by atoms with E-state index in [0.717, 1.165) is 17.6 Å². The van der Waals surface area contributed by atoms with Gasteiger partial charge in [-0.3, -0.25) is 0 Å². The molecule has 0 saturated carbocycles. The van der Waals surface area contributed by atoms with Crippen molar-refractivity contribution >= 4 is 12.4 Å². The maximum absolute atomic E-state index is 9.40. The van der Waals surface area contributed by atoms with Gasteiger partial charge in [-0.1, -0.05) is 31.1 Å². The highest BCUT2D eigenvalue weighted by atomic mass is 16.2. The first-order valence-electron chi connectivity index (χ1n) is 4.16. The average Bonchev–Trinajstić information content (AvgIpc) is 2.05. The van der Waals surface area contributed by atoms with Crippen molar-refractivity contribution in [2.24, 2.45) is 0 Å². The summed E-state index contributed by atoms with van der Waals surface area (Å²) in [5, 5.41) is 12.5. The van der Waals surface area contributed by atoms with Crippen molar-refractivity contribution in [2.45, 2.75) is 13.4 Å². The van der Waals surface area contributed by atoms with E-state index < -0.39 is 0 Å². The van der Waals surface area contributed by atoms with Crippen molar-refractivity contribution in [3.8, 4) is 0 Å². The maximum Gasteiger partial charge on any atom is 0.320 e. The van der Waals surface area contributed by atoms with Gasteiger partial charge in [0.25, 0.3) is 0 Å². The minimum Gasteiger partial charge on any atom is -0.446 e. The fraction of sp³-hybridized carbons (Fsp3) is 0.333. The molecule has 0 aromatic heterocycles. The average molecular weight is 163 g/mol. The molecule has 2 N–H and O–H groups in total. The number of nitrogens with one attached hydrogen (secondary N) is 1. The standard InChI is InChI=1S/C9H14BNO/c1-10(12)9-6-4-3-5-8(9)7-11-2/h3-6,11-12H,7H2,1-2H3. The molecule has 3 heteroatoms. The molecule has 0 aliphatic carbocycles. The Balaban J connectivity index is 2.92. The molecule has 0 spiro atoms. The van der Waals surface area contributed by atoms with E-state index in [1.807, 2.05) is 31.3 Å². The molecule has 1 aromatic carbocycles. The molecule has 12 heavy (non-hydrogen) atoms. The van der Waals surface area contributed by atoms with E-state index in [1.165, 1.54) is 0 Å². The summed E-state index contributed by atoms with van der Waals surface area (Å²) >= 11 is 0. The number of hydrogen-bond acceptors (Lipinski definition) is 2. The summed E-state index contributed by atoms with van der Waals surface area (Å²) in [5.41, 5.74) is 2.17. The molecule has 2 nitrogen and oxygen atoms in total. The van der Waals surface area contributed by atoms with Gasteiger partial charge in [-0.05, 0) is 18.1 Å². The van der Waals surface area contributed by atoms with Gasteiger partial charge in [0.05, 0.1) is 0 Å². The van der Waals surface area contributed by atoms with Crippen molar-refractivity contribution in [2.75, 3.05) is 7.05 Å². The van der Waals surface area contributed by atoms with Crippen molar-refractivity contribution < 1.29 is 5.02 Å². The molecule has 0 heterocycles. The van der Waals surface area contributed by atoms with Crippen LogP contribution in [0.4, 0.5) is 0 Å². The Bertz CT molecular complexity index is 250. The smallest absolute Gasteiger partial charge is 0.320 e. The summed E-state index contributed by atoms with van der Waals surface area (Å²) in [4.78, 5) is 0. The third kappa shape index (κ3) is 2.09. The first-order valence-corrected chi connectivity index (χ1v) is 4.16. The van der Waals surface area contributed by atoms with Crippen LogP contribution in [-0.4, -0.2) is 19.0 Å². The third-order valence-corrected chi connectivity index (χ3v) is 1.87. The topological polar surface area (TPSA) is 32.3 Å². The first kappa shape index (κ1) is 9.29. The van der Waals surface area contributed by atoms with E-state index in [-0.39, 0.29) is 6.92 Å². The Morgan fingerprint density at radius 1 is 1.42 bits per heavy atom. The molecule has 0 unspecified atom stereocenters. The van der Waals surface area contributed by atoms with Gasteiger partial charge in [-0.2, -0.15) is 0 Å². The van der Waals surface area contributed by atoms with Crippen LogP contribution in [0.25, 0.3) is 0 Å². The number of rotatable bonds is 3. The molecule has 0 aliphatic rings. The van der Waals surface area contributed by atoms with Gasteiger partial charge in [-0.15, -0.1) is 0 Å². The minimum absolute atomic E-state index is 0.380. The molecule has 0 saturated heterocycles. The van der Waals surface area contributed by atoms with Gasteiger partial charge < -0.3 is 10.3 Å². The largest absolute Gasteiger partial charge is 0.446 e. The summed E-state index contributed by atoms with van der Waals surface area (Å²) in [6, 6.07) is 7.91. The summed E-state index contributed by atoms with van der Waals surface area (Å²) in [6.45, 7) is 2.21. The minimum atomic E-state index is -0.380. The fourth-order valence-corrected chi connectivity index (χ4v) is 1.29. The molecular formula is C9H14BNO. The molecular weight excluding hydrogens is 149 g/mol. The second-order valence-electron chi connectivity index (χ2n) is 2.91. The van der Waals surface area contributed by atoms with Crippen LogP contribution in [-0.2, 0) is 6.54 Å². The molecule has 0 radical (unpaired) electrons. The highest BCUT2D eigenvalue weighted by Gasteiger charge is 2.09. The highest BCUT2D eigenvalue weighted by molar-refractivity contribution is 6.65. The molecule has 0 bridgehead atoms. The van der Waals surface area contributed by atoms with Crippen molar-refractivity contribution in [1.29, 1.82) is 0 Å². The van der Waals surface area contributed by atoms with Crippen LogP contribution in [0.3, 0.4) is 0 Å². The number of hydrogen-bond donors (Lipinski definition) is 2. The van der Waals surface area contributed by atoms with Gasteiger partial charge in [0.1, 0.15) is 0 Å². The summed E-state index contributed by atoms with van der Waals surface area (Å²) < 4.78 is 0. The van der Waals surface area contributed by atoms with E-state index in [0.29, 0.717) is 0 Å². The van der Waals surface area contributed by atoms with Crippen LogP contribution < -0.4 is 10.8 Å². The summed E-state index contributed by atoms with van der Waals surface area (Å²) in [6.07, 6.45) is 0. The Morgan fingerprint density at radius 3 is 2.67 bits per heavy atom. The highest BCUT2D eigenvalue weighted by Crippen LogP contribution is 1.96. The molecule has 0 fully saturated rings. The monoisotopic (exact) mass is 163 g/mol. The van der Waals surface area contributed by atoms with E-state index in [9.17, 15) is 5.02 Å². The lowest BCUT2D eigenvalue weighted by Crippen LogP contribution is -2.31. The number of benzene rings is 1. The SMILES string of the molecule is CNCc1ccccc1B(C)O. The van der Waals surface area contributed by atoms with Crippen molar-refractivity contribution in [3.05, 3.63) is 29.8 Å². The van der Waals surface area contributed by atoms with E-state index >= 15 is 0 Å². The van der Waals surface area contributed by atoms with Crippen LogP contribution in [0.1, 0.15) is 5.56 Å². The molecule has 0 aliphatic heterocycles. The first-order chi connectivity index (χ1) is 5.75. The van der Waals surface area contributed by atoms with Crippen LogP contribution in [0, 0.1) is 0 Å². The second-order valence-corrected chi connectivity index (χ2v) is 2.91. The van der Waals surface area contributed by atoms with Gasteiger partial charge in [0.15, 0.2) is 0 Å². The lowest BCUT2D eigenvalue weighted by Gasteiger charge is -2.08. The summed E-state index contributed by atoms with van der Waals surface area (Å²) in [5.74, 6) is 0. The molecule has 1 aromatic rings. The van der Waals surface area contributed by atoms with Gasteiger partial charge >= 0.3 is 6.92 Å². The van der Waals surface area contributed by atoms with Crippen LogP contribution in [0.5, 0.6) is 0 Å². The lowest BCUT2D eigenvalue weighted by atomic mass is 9.62. The van der Waals surface area contributed by atoms with E-state index in [4.69, 9.17) is 0 Å². The van der Waals surface area contributed by atoms with Crippen LogP contribution >= 0.6 is 0 Å². The van der Waals surface area contributed by atoms with Crippen molar-refractivity contribution in [1.82, 2.24) is 5.32 Å². The molecule has 1 rings (SSSR count). The quantitative estimate of drug-likeness (QED) is 0.625. The zero-order valence-corrected chi connectivity index (χ0v) is 7.54. The fourth-order valence-electron chi connectivity index (χ4n) is 1.29. The molecule has 0 atom stereocenters. The zero-order chi connectivity index (χ0) is 8.97. The predicted molar refractivity (Wildman–Crippen MR) is 52.7 cm³/mol. The van der Waals surface area contributed by atoms with Crippen molar-refractivity contribution in [3.63, 3.8) is 0 Å². The summed E-state index contributed by atoms with van der Waals surface area (Å²) in [7, 11) is 1.90. The lowest BCUT2D eigenvalue weighted by molar-refractivity contribution is 0.593. The molecule has 0 amide bonds. The Morgan fingerprint density at radius 2 is 2.08 bits per heavy atom. The molecule has 64 valence electrons. The van der Waals surface area contributed by atoms with Crippen LogP contribution in [0.15, 0.2) is 24.3 Å². The zero-order valence-electron chi connectivity index (χ0n) is 7.54. The van der Waals surface area contributed by atoms with E-state index in [1.54, 1.807) is 6.82 Å².